The molecular weight excluding hydrogens is 368 g/mol. The van der Waals surface area contributed by atoms with Crippen LogP contribution >= 0.6 is 23.1 Å². The van der Waals surface area contributed by atoms with Crippen molar-refractivity contribution in [2.45, 2.75) is 12.3 Å². The lowest BCUT2D eigenvalue weighted by Gasteiger charge is -2.28. The van der Waals surface area contributed by atoms with E-state index in [0.29, 0.717) is 25.4 Å². The minimum Gasteiger partial charge on any atom is -0.496 e. The van der Waals surface area contributed by atoms with Crippen LogP contribution < -0.4 is 4.74 Å². The van der Waals surface area contributed by atoms with Gasteiger partial charge in [-0.25, -0.2) is 0 Å². The molecule has 7 heteroatoms. The van der Waals surface area contributed by atoms with Crippen LogP contribution in [0, 0.1) is 0 Å². The summed E-state index contributed by atoms with van der Waals surface area (Å²) in [6, 6.07) is 11.5. The maximum atomic E-state index is 12.6. The molecule has 1 saturated heterocycles. The molecule has 1 aliphatic rings. The first kappa shape index (κ1) is 18.8. The monoisotopic (exact) mass is 390 g/mol. The number of hydrogen-bond donors (Lipinski definition) is 0. The molecule has 0 N–H and O–H groups in total. The number of para-hydroxylation sites is 1. The number of benzene rings is 1. The molecule has 1 aliphatic heterocycles. The normalized spacial score (nSPS) is 16.8. The summed E-state index contributed by atoms with van der Waals surface area (Å²) in [6.45, 7) is 3.61. The summed E-state index contributed by atoms with van der Waals surface area (Å²) in [5, 5.41) is 1.83. The average Bonchev–Trinajstić information content (AvgIpc) is 3.32. The Bertz CT molecular complexity index is 764. The molecule has 2 amide bonds. The van der Waals surface area contributed by atoms with Gasteiger partial charge >= 0.3 is 0 Å². The lowest BCUT2D eigenvalue weighted by Crippen LogP contribution is -2.39. The fraction of sp³-hybridized carbons (Fsp3) is 0.368. The number of carbonyl (C=O) groups excluding carboxylic acids is 2. The van der Waals surface area contributed by atoms with Gasteiger partial charge in [0.1, 0.15) is 11.1 Å². The fourth-order valence-corrected chi connectivity index (χ4v) is 4.95. The molecule has 5 nitrogen and oxygen atoms in total. The highest BCUT2D eigenvalue weighted by atomic mass is 32.2. The predicted octanol–water partition coefficient (Wildman–Crippen LogP) is 3.49. The predicted molar refractivity (Wildman–Crippen MR) is 106 cm³/mol. The Balaban J connectivity index is 1.72. The van der Waals surface area contributed by atoms with Crippen LogP contribution in [0.25, 0.3) is 0 Å². The van der Waals surface area contributed by atoms with Crippen LogP contribution in [-0.2, 0) is 4.79 Å². The highest BCUT2D eigenvalue weighted by Crippen LogP contribution is 2.42. The summed E-state index contributed by atoms with van der Waals surface area (Å²) in [5.74, 6) is 1.36. The summed E-state index contributed by atoms with van der Waals surface area (Å²) < 4.78 is 5.46. The van der Waals surface area contributed by atoms with E-state index < -0.39 is 0 Å². The number of nitrogens with zero attached hydrogens (tertiary/aromatic N) is 2. The molecule has 1 atom stereocenters. The molecule has 0 bridgehead atoms. The van der Waals surface area contributed by atoms with E-state index in [4.69, 9.17) is 4.74 Å². The Morgan fingerprint density at radius 2 is 2.12 bits per heavy atom. The number of thioether (sulfide) groups is 1. The quantitative estimate of drug-likeness (QED) is 0.726. The topological polar surface area (TPSA) is 49.9 Å². The van der Waals surface area contributed by atoms with Crippen LogP contribution in [0.15, 0.2) is 41.8 Å². The molecular formula is C19H22N2O3S2. The number of carbonyl (C=O) groups is 2. The Hall–Kier alpha value is -1.99. The number of hydrogen-bond acceptors (Lipinski definition) is 5. The zero-order valence-electron chi connectivity index (χ0n) is 14.9. The third-order valence-electron chi connectivity index (χ3n) is 4.38. The first-order valence-corrected chi connectivity index (χ1v) is 10.4. The van der Waals surface area contributed by atoms with E-state index in [1.165, 1.54) is 11.3 Å². The molecule has 138 valence electrons. The average molecular weight is 391 g/mol. The van der Waals surface area contributed by atoms with Gasteiger partial charge in [0.25, 0.3) is 5.91 Å². The van der Waals surface area contributed by atoms with Gasteiger partial charge in [0.2, 0.25) is 5.91 Å². The Labute approximate surface area is 161 Å². The number of likely N-dealkylation sites (N-methyl/N-ethyl adjacent to an activating group) is 1. The summed E-state index contributed by atoms with van der Waals surface area (Å²) >= 11 is 3.04. The molecule has 2 heterocycles. The second kappa shape index (κ2) is 8.60. The summed E-state index contributed by atoms with van der Waals surface area (Å²) in [5.41, 5.74) is 0.999. The number of ether oxygens (including phenoxy) is 1. The van der Waals surface area contributed by atoms with E-state index in [-0.39, 0.29) is 17.2 Å². The third-order valence-corrected chi connectivity index (χ3v) is 6.48. The van der Waals surface area contributed by atoms with E-state index in [0.717, 1.165) is 16.2 Å². The van der Waals surface area contributed by atoms with Crippen LogP contribution in [0.5, 0.6) is 5.75 Å². The third kappa shape index (κ3) is 3.88. The molecule has 2 aromatic rings. The van der Waals surface area contributed by atoms with Crippen LogP contribution in [0.1, 0.15) is 27.5 Å². The molecule has 0 spiro atoms. The smallest absolute Gasteiger partial charge is 0.263 e. The molecule has 26 heavy (non-hydrogen) atoms. The first-order valence-electron chi connectivity index (χ1n) is 8.52. The number of methoxy groups -OCH3 is 1. The number of thiophene rings is 1. The van der Waals surface area contributed by atoms with Gasteiger partial charge in [-0.1, -0.05) is 24.3 Å². The van der Waals surface area contributed by atoms with Crippen molar-refractivity contribution < 1.29 is 14.3 Å². The maximum Gasteiger partial charge on any atom is 0.263 e. The zero-order chi connectivity index (χ0) is 18.5. The van der Waals surface area contributed by atoms with Crippen molar-refractivity contribution >= 4 is 34.9 Å². The van der Waals surface area contributed by atoms with E-state index in [2.05, 4.69) is 0 Å². The fourth-order valence-electron chi connectivity index (χ4n) is 3.01. The van der Waals surface area contributed by atoms with Crippen molar-refractivity contribution in [3.8, 4) is 5.75 Å². The molecule has 0 unspecified atom stereocenters. The minimum atomic E-state index is -0.0748. The van der Waals surface area contributed by atoms with Crippen molar-refractivity contribution in [2.24, 2.45) is 0 Å². The summed E-state index contributed by atoms with van der Waals surface area (Å²) in [4.78, 5) is 29.4. The van der Waals surface area contributed by atoms with Crippen molar-refractivity contribution in [3.63, 3.8) is 0 Å². The second-order valence-electron chi connectivity index (χ2n) is 5.85. The molecule has 1 aromatic carbocycles. The van der Waals surface area contributed by atoms with Gasteiger partial charge in [-0.2, -0.15) is 0 Å². The Morgan fingerprint density at radius 3 is 2.81 bits per heavy atom. The second-order valence-corrected chi connectivity index (χ2v) is 7.87. The zero-order valence-corrected chi connectivity index (χ0v) is 16.5. The van der Waals surface area contributed by atoms with Crippen molar-refractivity contribution in [1.82, 2.24) is 9.80 Å². The van der Waals surface area contributed by atoms with Crippen LogP contribution in [0.2, 0.25) is 0 Å². The maximum absolute atomic E-state index is 12.6. The molecule has 0 radical (unpaired) electrons. The molecule has 0 aliphatic carbocycles. The van der Waals surface area contributed by atoms with Gasteiger partial charge in [0.15, 0.2) is 0 Å². The van der Waals surface area contributed by atoms with Crippen LogP contribution in [0.4, 0.5) is 0 Å². The van der Waals surface area contributed by atoms with Crippen LogP contribution in [-0.4, -0.2) is 54.1 Å². The van der Waals surface area contributed by atoms with Gasteiger partial charge in [-0.05, 0) is 24.4 Å². The van der Waals surface area contributed by atoms with Crippen molar-refractivity contribution in [2.75, 3.05) is 32.5 Å². The van der Waals surface area contributed by atoms with E-state index in [1.54, 1.807) is 23.8 Å². The largest absolute Gasteiger partial charge is 0.496 e. The number of rotatable bonds is 7. The van der Waals surface area contributed by atoms with Crippen LogP contribution in [0.3, 0.4) is 0 Å². The lowest BCUT2D eigenvalue weighted by atomic mass is 10.2. The van der Waals surface area contributed by atoms with Gasteiger partial charge in [-0.15, -0.1) is 23.1 Å². The highest BCUT2D eigenvalue weighted by Gasteiger charge is 2.34. The highest BCUT2D eigenvalue weighted by molar-refractivity contribution is 8.00. The molecule has 1 fully saturated rings. The minimum absolute atomic E-state index is 0.0237. The van der Waals surface area contributed by atoms with Gasteiger partial charge < -0.3 is 14.5 Å². The Morgan fingerprint density at radius 1 is 1.31 bits per heavy atom. The Kier molecular flexibility index (Phi) is 6.21. The van der Waals surface area contributed by atoms with E-state index in [9.17, 15) is 9.59 Å². The van der Waals surface area contributed by atoms with E-state index >= 15 is 0 Å². The van der Waals surface area contributed by atoms with Gasteiger partial charge in [0, 0.05) is 25.2 Å². The van der Waals surface area contributed by atoms with Crippen molar-refractivity contribution in [1.29, 1.82) is 0 Å². The number of amides is 2. The molecule has 0 saturated carbocycles. The SMILES string of the molecule is CCN(CCN1C(=O)CS[C@H]1c1ccccc1OC)C(=O)c1cccs1. The standard InChI is InChI=1S/C19H22N2O3S2/c1-3-20(18(23)16-9-6-12-25-16)10-11-21-17(22)13-26-19(21)14-7-4-5-8-15(14)24-2/h4-9,12,19H,3,10-11,13H2,1-2H3/t19-/m0/s1. The first-order chi connectivity index (χ1) is 12.7. The van der Waals surface area contributed by atoms with Gasteiger partial charge in [0.05, 0.1) is 17.7 Å². The summed E-state index contributed by atoms with van der Waals surface area (Å²) in [6.07, 6.45) is 0. The van der Waals surface area contributed by atoms with Gasteiger partial charge in [-0.3, -0.25) is 9.59 Å². The molecule has 3 rings (SSSR count). The summed E-state index contributed by atoms with van der Waals surface area (Å²) in [7, 11) is 1.64. The lowest BCUT2D eigenvalue weighted by molar-refractivity contribution is -0.128. The van der Waals surface area contributed by atoms with E-state index in [1.807, 2.05) is 53.6 Å². The molecule has 1 aromatic heterocycles. The van der Waals surface area contributed by atoms with Crippen molar-refractivity contribution in [3.05, 3.63) is 52.2 Å².